The van der Waals surface area contributed by atoms with Crippen molar-refractivity contribution in [3.63, 3.8) is 0 Å². The lowest BCUT2D eigenvalue weighted by molar-refractivity contribution is -0.159. The van der Waals surface area contributed by atoms with E-state index in [0.29, 0.717) is 11.6 Å². The Morgan fingerprint density at radius 2 is 1.52 bits per heavy atom. The van der Waals surface area contributed by atoms with Crippen molar-refractivity contribution < 1.29 is 53.9 Å². The molecule has 0 saturated heterocycles. The van der Waals surface area contributed by atoms with Gasteiger partial charge in [-0.25, -0.2) is 0 Å². The fraction of sp³-hybridized carbons (Fsp3) is 0.429. The van der Waals surface area contributed by atoms with Crippen LogP contribution in [0.25, 0.3) is 0 Å². The molecule has 0 aromatic heterocycles. The van der Waals surface area contributed by atoms with Gasteiger partial charge in [0.15, 0.2) is 0 Å². The molecule has 240 valence electrons. The maximum Gasteiger partial charge on any atom is 0.418 e. The molecule has 16 heteroatoms. The number of primary amides is 2. The molecule has 2 unspecified atom stereocenters. The highest BCUT2D eigenvalue weighted by atomic mass is 19.4. The number of alkyl halides is 9. The van der Waals surface area contributed by atoms with E-state index in [1.54, 1.807) is 13.0 Å². The number of carbonyl (C=O) groups excluding carboxylic acids is 3. The molecule has 44 heavy (non-hydrogen) atoms. The van der Waals surface area contributed by atoms with Gasteiger partial charge in [-0.2, -0.15) is 39.5 Å². The summed E-state index contributed by atoms with van der Waals surface area (Å²) in [5, 5.41) is 2.00. The fourth-order valence-electron chi connectivity index (χ4n) is 5.38. The summed E-state index contributed by atoms with van der Waals surface area (Å²) < 4.78 is 122. The van der Waals surface area contributed by atoms with E-state index in [-0.39, 0.29) is 16.8 Å². The maximum atomic E-state index is 14.1. The van der Waals surface area contributed by atoms with Gasteiger partial charge in [0.1, 0.15) is 6.04 Å². The molecule has 0 fully saturated rings. The number of hydrogen-bond donors (Lipinski definition) is 3. The van der Waals surface area contributed by atoms with Crippen LogP contribution in [0.4, 0.5) is 45.2 Å². The number of nitrogens with zero attached hydrogens (tertiary/aromatic N) is 1. The lowest BCUT2D eigenvalue weighted by Crippen LogP contribution is -2.58. The molecule has 1 heterocycles. The van der Waals surface area contributed by atoms with Crippen molar-refractivity contribution in [1.29, 1.82) is 0 Å². The summed E-state index contributed by atoms with van der Waals surface area (Å²) in [6.45, 7) is 1.61. The minimum Gasteiger partial charge on any atom is -0.369 e. The highest BCUT2D eigenvalue weighted by Gasteiger charge is 2.57. The van der Waals surface area contributed by atoms with E-state index in [9.17, 15) is 53.9 Å². The molecule has 5 N–H and O–H groups in total. The molecule has 1 aliphatic heterocycles. The predicted octanol–water partition coefficient (Wildman–Crippen LogP) is 5.82. The van der Waals surface area contributed by atoms with Gasteiger partial charge in [-0.15, -0.1) is 0 Å². The van der Waals surface area contributed by atoms with Crippen molar-refractivity contribution >= 4 is 29.1 Å². The number of fused-ring (bicyclic) bond motifs is 1. The molecule has 0 spiro atoms. The number of rotatable bonds is 10. The van der Waals surface area contributed by atoms with Crippen molar-refractivity contribution in [3.05, 3.63) is 64.7 Å². The third kappa shape index (κ3) is 7.69. The van der Waals surface area contributed by atoms with E-state index >= 15 is 0 Å². The molecule has 3 rings (SSSR count). The summed E-state index contributed by atoms with van der Waals surface area (Å²) in [7, 11) is 0. The van der Waals surface area contributed by atoms with Crippen LogP contribution in [-0.2, 0) is 20.6 Å². The third-order valence-electron chi connectivity index (χ3n) is 7.36. The van der Waals surface area contributed by atoms with Gasteiger partial charge in [0.25, 0.3) is 0 Å². The van der Waals surface area contributed by atoms with Crippen LogP contribution in [-0.4, -0.2) is 41.8 Å². The standard InChI is InChI=1S/C28H27F9N4O3/c1-14-5-2-6-15(13-14)19-16-7-3-8-17(28(35,36)37)20(16)41-23(43)21(40-19)25(24(39)44,11-12-27(32,33)34)18(22(38)42)9-4-10-26(29,30)31/h2-3,5-8,13,18,21H,4,9-12H2,1H3,(H2,38,42)(H2,39,44)(H,41,43)/t18?,21-,25?/m1/s1. The van der Waals surface area contributed by atoms with Crippen LogP contribution in [0.2, 0.25) is 0 Å². The number of amides is 3. The molecular weight excluding hydrogens is 611 g/mol. The van der Waals surface area contributed by atoms with E-state index in [1.165, 1.54) is 18.2 Å². The second-order valence-electron chi connectivity index (χ2n) is 10.4. The molecule has 1 aliphatic rings. The second-order valence-corrected chi connectivity index (χ2v) is 10.4. The first-order valence-electron chi connectivity index (χ1n) is 13.1. The maximum absolute atomic E-state index is 14.1. The molecule has 0 radical (unpaired) electrons. The molecular formula is C28H27F9N4O3. The van der Waals surface area contributed by atoms with E-state index < -0.39 is 97.0 Å². The van der Waals surface area contributed by atoms with Gasteiger partial charge in [0, 0.05) is 24.0 Å². The second kappa shape index (κ2) is 12.5. The van der Waals surface area contributed by atoms with Gasteiger partial charge in [0.05, 0.1) is 28.3 Å². The summed E-state index contributed by atoms with van der Waals surface area (Å²) in [4.78, 5) is 43.8. The number of aryl methyl sites for hydroxylation is 1. The van der Waals surface area contributed by atoms with Crippen molar-refractivity contribution in [2.45, 2.75) is 63.6 Å². The lowest BCUT2D eigenvalue weighted by atomic mass is 9.64. The van der Waals surface area contributed by atoms with E-state index in [2.05, 4.69) is 4.99 Å². The Balaban J connectivity index is 2.39. The smallest absolute Gasteiger partial charge is 0.369 e. The zero-order valence-electron chi connectivity index (χ0n) is 23.0. The average Bonchev–Trinajstić information content (AvgIpc) is 3.02. The largest absolute Gasteiger partial charge is 0.418 e. The monoisotopic (exact) mass is 638 g/mol. The van der Waals surface area contributed by atoms with Gasteiger partial charge < -0.3 is 16.8 Å². The topological polar surface area (TPSA) is 128 Å². The molecule has 3 amide bonds. The highest BCUT2D eigenvalue weighted by molar-refractivity contribution is 6.21. The van der Waals surface area contributed by atoms with Crippen LogP contribution in [0, 0.1) is 18.3 Å². The quantitative estimate of drug-likeness (QED) is 0.284. The fourth-order valence-corrected chi connectivity index (χ4v) is 5.38. The first kappa shape index (κ1) is 34.4. The van der Waals surface area contributed by atoms with Gasteiger partial charge in [0.2, 0.25) is 17.7 Å². The number of aliphatic imine (C=N–C) groups is 1. The van der Waals surface area contributed by atoms with E-state index in [4.69, 9.17) is 11.5 Å². The average molecular weight is 639 g/mol. The molecule has 0 saturated carbocycles. The minimum absolute atomic E-state index is 0.0777. The molecule has 0 aliphatic carbocycles. The first-order valence-corrected chi connectivity index (χ1v) is 13.1. The number of benzene rings is 2. The zero-order chi connectivity index (χ0) is 33.3. The molecule has 7 nitrogen and oxygen atoms in total. The van der Waals surface area contributed by atoms with E-state index in [1.807, 2.05) is 5.32 Å². The van der Waals surface area contributed by atoms with Gasteiger partial charge in [-0.1, -0.05) is 35.9 Å². The van der Waals surface area contributed by atoms with Crippen LogP contribution >= 0.6 is 0 Å². The molecule has 0 bridgehead atoms. The Bertz CT molecular complexity index is 1450. The number of hydrogen-bond acceptors (Lipinski definition) is 4. The van der Waals surface area contributed by atoms with Crippen LogP contribution < -0.4 is 16.8 Å². The lowest BCUT2D eigenvalue weighted by Gasteiger charge is -2.40. The van der Waals surface area contributed by atoms with Crippen LogP contribution in [0.3, 0.4) is 0 Å². The molecule has 3 atom stereocenters. The van der Waals surface area contributed by atoms with Crippen molar-refractivity contribution in [2.75, 3.05) is 5.32 Å². The van der Waals surface area contributed by atoms with Gasteiger partial charge in [-0.05, 0) is 38.3 Å². The Morgan fingerprint density at radius 1 is 0.909 bits per heavy atom. The van der Waals surface area contributed by atoms with E-state index in [0.717, 1.165) is 12.1 Å². The summed E-state index contributed by atoms with van der Waals surface area (Å²) in [5.74, 6) is -7.03. The molecule has 2 aromatic carbocycles. The number of anilines is 1. The highest BCUT2D eigenvalue weighted by Crippen LogP contribution is 2.47. The van der Waals surface area contributed by atoms with Crippen molar-refractivity contribution in [3.8, 4) is 0 Å². The number of benzodiazepines with no additional fused rings is 1. The first-order chi connectivity index (χ1) is 20.2. The Kier molecular flexibility index (Phi) is 9.75. The number of nitrogens with two attached hydrogens (primary N) is 2. The normalized spacial score (nSPS) is 17.9. The Hall–Kier alpha value is -4.11. The van der Waals surface area contributed by atoms with Crippen LogP contribution in [0.1, 0.15) is 54.4 Å². The summed E-state index contributed by atoms with van der Waals surface area (Å²) in [6, 6.07) is 6.24. The third-order valence-corrected chi connectivity index (χ3v) is 7.36. The van der Waals surface area contributed by atoms with Gasteiger partial charge in [-0.3, -0.25) is 19.4 Å². The number of halogens is 9. The summed E-state index contributed by atoms with van der Waals surface area (Å²) >= 11 is 0. The van der Waals surface area contributed by atoms with Gasteiger partial charge >= 0.3 is 18.5 Å². The van der Waals surface area contributed by atoms with Crippen LogP contribution in [0.5, 0.6) is 0 Å². The van der Waals surface area contributed by atoms with Crippen molar-refractivity contribution in [2.24, 2.45) is 27.8 Å². The summed E-state index contributed by atoms with van der Waals surface area (Å²) in [5.41, 5.74) is 5.74. The minimum atomic E-state index is -5.05. The number of nitrogens with one attached hydrogen (secondary N) is 1. The summed E-state index contributed by atoms with van der Waals surface area (Å²) in [6.07, 6.45) is -21.5. The Labute approximate surface area is 244 Å². The Morgan fingerprint density at radius 3 is 2.05 bits per heavy atom. The SMILES string of the molecule is Cc1cccc(C2=N[C@@H](C(CCC(F)(F)F)(C(N)=O)C(CCCC(F)(F)F)C(N)=O)C(=O)Nc3c2cccc3C(F)(F)F)c1. The number of carbonyl (C=O) groups is 3. The molecule has 2 aromatic rings. The van der Waals surface area contributed by atoms with Crippen LogP contribution in [0.15, 0.2) is 47.5 Å². The zero-order valence-corrected chi connectivity index (χ0v) is 23.0. The number of para-hydroxylation sites is 1. The predicted molar refractivity (Wildman–Crippen MR) is 140 cm³/mol. The van der Waals surface area contributed by atoms with Crippen molar-refractivity contribution in [1.82, 2.24) is 0 Å².